The van der Waals surface area contributed by atoms with Crippen molar-refractivity contribution in [3.63, 3.8) is 0 Å². The quantitative estimate of drug-likeness (QED) is 0.212. The molecule has 206 valence electrons. The lowest BCUT2D eigenvalue weighted by Gasteiger charge is -2.25. The van der Waals surface area contributed by atoms with E-state index in [0.717, 1.165) is 61.4 Å². The molecule has 0 unspecified atom stereocenters. The number of nitrogens with zero attached hydrogens (tertiary/aromatic N) is 1. The molecule has 43 heavy (non-hydrogen) atoms. The van der Waals surface area contributed by atoms with Crippen LogP contribution in [-0.4, -0.2) is 10.4 Å². The number of fused-ring (bicyclic) bond motifs is 9. The van der Waals surface area contributed by atoms with Crippen LogP contribution in [0.15, 0.2) is 132 Å². The second kappa shape index (κ2) is 8.76. The highest BCUT2D eigenvalue weighted by atomic mass is 16.7. The summed E-state index contributed by atoms with van der Waals surface area (Å²) in [5.74, 6) is 0.727. The third-order valence-corrected chi connectivity index (χ3v) is 8.50. The molecule has 0 saturated carbocycles. The Labute approximate surface area is 248 Å². The van der Waals surface area contributed by atoms with Crippen LogP contribution in [-0.2, 0) is 0 Å². The maximum atomic E-state index is 6.48. The van der Waals surface area contributed by atoms with E-state index in [-0.39, 0.29) is 0 Å². The maximum Gasteiger partial charge on any atom is 0.245 e. The zero-order valence-electron chi connectivity index (χ0n) is 23.8. The summed E-state index contributed by atoms with van der Waals surface area (Å²) in [6, 6.07) is 44.5. The summed E-state index contributed by atoms with van der Waals surface area (Å²) in [5, 5.41) is 4.69. The van der Waals surface area contributed by atoms with Crippen molar-refractivity contribution in [2.75, 3.05) is 0 Å². The molecule has 0 aliphatic carbocycles. The highest BCUT2D eigenvalue weighted by Gasteiger charge is 2.30. The van der Waals surface area contributed by atoms with Crippen LogP contribution < -0.4 is 9.47 Å². The van der Waals surface area contributed by atoms with Gasteiger partial charge < -0.3 is 18.5 Å². The molecule has 4 nitrogen and oxygen atoms in total. The van der Waals surface area contributed by atoms with E-state index in [9.17, 15) is 0 Å². The molecule has 3 heterocycles. The van der Waals surface area contributed by atoms with E-state index in [4.69, 9.17) is 13.9 Å². The third kappa shape index (κ3) is 3.63. The van der Waals surface area contributed by atoms with Gasteiger partial charge in [-0.15, -0.1) is 0 Å². The maximum absolute atomic E-state index is 6.48. The summed E-state index contributed by atoms with van der Waals surface area (Å²) < 4.78 is 21.7. The Hall–Kier alpha value is -5.48. The van der Waals surface area contributed by atoms with Crippen LogP contribution >= 0.6 is 0 Å². The van der Waals surface area contributed by atoms with Gasteiger partial charge in [0.2, 0.25) is 5.79 Å². The van der Waals surface area contributed by atoms with Crippen molar-refractivity contribution in [3.05, 3.63) is 127 Å². The monoisotopic (exact) mass is 557 g/mol. The number of hydrogen-bond donors (Lipinski definition) is 0. The highest BCUT2D eigenvalue weighted by molar-refractivity contribution is 6.10. The fourth-order valence-electron chi connectivity index (χ4n) is 6.68. The van der Waals surface area contributed by atoms with Crippen LogP contribution in [0.3, 0.4) is 0 Å². The molecule has 2 aromatic heterocycles. The van der Waals surface area contributed by atoms with Gasteiger partial charge in [-0.2, -0.15) is 0 Å². The fourth-order valence-corrected chi connectivity index (χ4v) is 6.68. The van der Waals surface area contributed by atoms with Gasteiger partial charge in [0, 0.05) is 57.8 Å². The lowest BCUT2D eigenvalue weighted by molar-refractivity contribution is -0.0778. The Bertz CT molecular complexity index is 2340. The molecule has 0 bridgehead atoms. The average molecular weight is 558 g/mol. The normalized spacial score (nSPS) is 13.9. The average Bonchev–Trinajstić information content (AvgIpc) is 3.54. The van der Waals surface area contributed by atoms with Crippen molar-refractivity contribution in [1.29, 1.82) is 0 Å². The molecule has 1 aliphatic rings. The minimum absolute atomic E-state index is 0.781. The molecule has 0 amide bonds. The first-order valence-electron chi connectivity index (χ1n) is 14.6. The second-order valence-corrected chi connectivity index (χ2v) is 11.6. The predicted octanol–water partition coefficient (Wildman–Crippen LogP) is 10.5. The molecule has 0 N–H and O–H groups in total. The van der Waals surface area contributed by atoms with Crippen molar-refractivity contribution < 1.29 is 13.9 Å². The molecule has 8 aromatic rings. The first-order valence-corrected chi connectivity index (χ1v) is 14.6. The predicted molar refractivity (Wildman–Crippen MR) is 174 cm³/mol. The molecule has 0 atom stereocenters. The van der Waals surface area contributed by atoms with Crippen LogP contribution in [0.25, 0.3) is 71.7 Å². The Morgan fingerprint density at radius 1 is 0.512 bits per heavy atom. The van der Waals surface area contributed by atoms with E-state index in [1.165, 1.54) is 21.8 Å². The Morgan fingerprint density at radius 3 is 1.86 bits per heavy atom. The first kappa shape index (κ1) is 24.2. The third-order valence-electron chi connectivity index (χ3n) is 8.50. The van der Waals surface area contributed by atoms with Gasteiger partial charge >= 0.3 is 0 Å². The van der Waals surface area contributed by atoms with Gasteiger partial charge in [0.1, 0.15) is 22.7 Å². The summed E-state index contributed by atoms with van der Waals surface area (Å²) in [4.78, 5) is 0. The van der Waals surface area contributed by atoms with Crippen molar-refractivity contribution >= 4 is 43.7 Å². The van der Waals surface area contributed by atoms with Gasteiger partial charge in [-0.05, 0) is 54.1 Å². The number of hydrogen-bond acceptors (Lipinski definition) is 3. The number of rotatable bonds is 2. The number of furan rings is 1. The molecule has 0 saturated heterocycles. The summed E-state index contributed by atoms with van der Waals surface area (Å²) in [6.07, 6.45) is 0. The van der Waals surface area contributed by atoms with Crippen LogP contribution in [0.5, 0.6) is 11.5 Å². The molecule has 0 spiro atoms. The summed E-state index contributed by atoms with van der Waals surface area (Å²) in [7, 11) is 0. The number of para-hydroxylation sites is 4. The number of aromatic nitrogens is 1. The lowest BCUT2D eigenvalue weighted by Crippen LogP contribution is -2.34. The van der Waals surface area contributed by atoms with Crippen LogP contribution in [0.1, 0.15) is 13.8 Å². The van der Waals surface area contributed by atoms with E-state index >= 15 is 0 Å². The number of benzene rings is 6. The summed E-state index contributed by atoms with van der Waals surface area (Å²) in [5.41, 5.74) is 9.23. The van der Waals surface area contributed by atoms with Gasteiger partial charge in [-0.3, -0.25) is 0 Å². The minimum Gasteiger partial charge on any atom is -0.455 e. The molecule has 0 fully saturated rings. The topological polar surface area (TPSA) is 36.5 Å². The first-order chi connectivity index (χ1) is 21.0. The van der Waals surface area contributed by atoms with Crippen molar-refractivity contribution in [2.45, 2.75) is 19.6 Å². The lowest BCUT2D eigenvalue weighted by atomic mass is 9.96. The van der Waals surface area contributed by atoms with Gasteiger partial charge in [-0.1, -0.05) is 78.9 Å². The van der Waals surface area contributed by atoms with Crippen LogP contribution in [0, 0.1) is 0 Å². The standard InChI is InChI=1S/C39H27NO3/c1-39(2)42-36-20-18-24(26-13-9-14-30-29-12-5-8-17-35(29)41-38(26)30)22-31(36)32-23-25(19-21-37(32)43-39)40-33-15-6-3-10-27(33)28-11-4-7-16-34(28)40/h3-23H,1-2H3. The number of ether oxygens (including phenoxy) is 2. The second-order valence-electron chi connectivity index (χ2n) is 11.6. The Kier molecular flexibility index (Phi) is 4.92. The van der Waals surface area contributed by atoms with E-state index in [0.29, 0.717) is 0 Å². The Morgan fingerprint density at radius 2 is 1.12 bits per heavy atom. The zero-order chi connectivity index (χ0) is 28.7. The van der Waals surface area contributed by atoms with Crippen molar-refractivity contribution in [1.82, 2.24) is 4.57 Å². The molecule has 4 heteroatoms. The van der Waals surface area contributed by atoms with Gasteiger partial charge in [0.05, 0.1) is 11.0 Å². The highest BCUT2D eigenvalue weighted by Crippen LogP contribution is 2.46. The van der Waals surface area contributed by atoms with E-state index in [2.05, 4.69) is 120 Å². The summed E-state index contributed by atoms with van der Waals surface area (Å²) in [6.45, 7) is 3.91. The van der Waals surface area contributed by atoms with Crippen molar-refractivity contribution in [3.8, 4) is 39.4 Å². The molecule has 6 aromatic carbocycles. The van der Waals surface area contributed by atoms with E-state index in [1.54, 1.807) is 0 Å². The summed E-state index contributed by atoms with van der Waals surface area (Å²) >= 11 is 0. The molecule has 1 aliphatic heterocycles. The van der Waals surface area contributed by atoms with Crippen LogP contribution in [0.2, 0.25) is 0 Å². The SMILES string of the molecule is CC1(C)Oc2ccc(-c3cccc4c3oc3ccccc34)cc2-c2cc(-n3c4ccccc4c4ccccc43)ccc2O1. The van der Waals surface area contributed by atoms with Crippen LogP contribution in [0.4, 0.5) is 0 Å². The largest absolute Gasteiger partial charge is 0.455 e. The van der Waals surface area contributed by atoms with Crippen molar-refractivity contribution in [2.24, 2.45) is 0 Å². The zero-order valence-corrected chi connectivity index (χ0v) is 23.8. The minimum atomic E-state index is -0.839. The van der Waals surface area contributed by atoms with Gasteiger partial charge in [0.15, 0.2) is 0 Å². The fraction of sp³-hybridized carbons (Fsp3) is 0.0769. The Balaban J connectivity index is 1.29. The molecule has 0 radical (unpaired) electrons. The smallest absolute Gasteiger partial charge is 0.245 e. The molecular formula is C39H27NO3. The van der Waals surface area contributed by atoms with E-state index in [1.807, 2.05) is 26.0 Å². The molecule has 9 rings (SSSR count). The molecular weight excluding hydrogens is 530 g/mol. The van der Waals surface area contributed by atoms with Gasteiger partial charge in [-0.25, -0.2) is 0 Å². The van der Waals surface area contributed by atoms with Gasteiger partial charge in [0.25, 0.3) is 0 Å². The van der Waals surface area contributed by atoms with E-state index < -0.39 is 5.79 Å².